The molecule has 2 aromatic rings. The third-order valence-electron chi connectivity index (χ3n) is 3.29. The fraction of sp³-hybridized carbons (Fsp3) is 0.278. The van der Waals surface area contributed by atoms with Gasteiger partial charge in [-0.05, 0) is 35.8 Å². The van der Waals surface area contributed by atoms with Crippen LogP contribution in [0.5, 0.6) is 0 Å². The Balaban J connectivity index is 1.56. The molecule has 2 rings (SSSR count). The topological polar surface area (TPSA) is 84.6 Å². The normalized spacial score (nSPS) is 11.1. The summed E-state index contributed by atoms with van der Waals surface area (Å²) in [6.45, 7) is 2.24. The number of pyridine rings is 1. The highest BCUT2D eigenvalue weighted by atomic mass is 32.1. The molecule has 1 aromatic heterocycles. The van der Waals surface area contributed by atoms with Crippen LogP contribution >= 0.6 is 12.2 Å². The first-order valence-corrected chi connectivity index (χ1v) is 8.50. The summed E-state index contributed by atoms with van der Waals surface area (Å²) in [5, 5.41) is 6.39. The van der Waals surface area contributed by atoms with E-state index in [1.54, 1.807) is 6.20 Å². The molecule has 1 aromatic carbocycles. The third kappa shape index (κ3) is 8.23. The Morgan fingerprint density at radius 1 is 1.16 bits per heavy atom. The largest absolute Gasteiger partial charge is 0.375 e. The van der Waals surface area contributed by atoms with Gasteiger partial charge in [0.1, 0.15) is 0 Å². The van der Waals surface area contributed by atoms with E-state index in [0.717, 1.165) is 17.5 Å². The van der Waals surface area contributed by atoms with Crippen molar-refractivity contribution in [1.82, 2.24) is 15.6 Å². The average Bonchev–Trinajstić information content (AvgIpc) is 2.63. The minimum atomic E-state index is 0.280. The van der Waals surface area contributed by atoms with Crippen LogP contribution < -0.4 is 16.4 Å². The zero-order valence-corrected chi connectivity index (χ0v) is 14.8. The Morgan fingerprint density at radius 2 is 1.96 bits per heavy atom. The lowest BCUT2D eigenvalue weighted by molar-refractivity contribution is 0.128. The average molecular weight is 357 g/mol. The predicted octanol–water partition coefficient (Wildman–Crippen LogP) is 1.62. The zero-order chi connectivity index (χ0) is 17.7. The lowest BCUT2D eigenvalue weighted by atomic mass is 10.2. The number of benzene rings is 1. The highest BCUT2D eigenvalue weighted by Crippen LogP contribution is 1.99. The standard InChI is InChI=1S/C18H23N5OS/c19-17(21-11-12-24-14-16-5-2-1-3-6-16)23-18(25)22-10-8-15-7-4-9-20-13-15/h1-7,9,13H,8,10-12,14H2,(H4,19,21,22,23,25). The van der Waals surface area contributed by atoms with Crippen LogP contribution in [0.3, 0.4) is 0 Å². The smallest absolute Gasteiger partial charge is 0.194 e. The highest BCUT2D eigenvalue weighted by Gasteiger charge is 1.99. The maximum absolute atomic E-state index is 5.80. The van der Waals surface area contributed by atoms with Gasteiger partial charge >= 0.3 is 0 Å². The van der Waals surface area contributed by atoms with Gasteiger partial charge in [-0.25, -0.2) is 0 Å². The van der Waals surface area contributed by atoms with Crippen molar-refractivity contribution >= 4 is 23.3 Å². The number of rotatable bonds is 8. The van der Waals surface area contributed by atoms with Crippen molar-refractivity contribution in [3.63, 3.8) is 0 Å². The Bertz CT molecular complexity index is 664. The summed E-state index contributed by atoms with van der Waals surface area (Å²) in [4.78, 5) is 8.25. The van der Waals surface area contributed by atoms with Crippen molar-refractivity contribution in [2.75, 3.05) is 19.7 Å². The molecule has 0 fully saturated rings. The van der Waals surface area contributed by atoms with Crippen molar-refractivity contribution in [2.24, 2.45) is 10.7 Å². The van der Waals surface area contributed by atoms with Gasteiger partial charge in [0.15, 0.2) is 11.1 Å². The molecule has 0 spiro atoms. The van der Waals surface area contributed by atoms with Gasteiger partial charge in [0, 0.05) is 18.9 Å². The molecule has 4 N–H and O–H groups in total. The molecule has 0 aliphatic rings. The number of nitrogens with zero attached hydrogens (tertiary/aromatic N) is 2. The van der Waals surface area contributed by atoms with Crippen LogP contribution in [0.1, 0.15) is 11.1 Å². The summed E-state index contributed by atoms with van der Waals surface area (Å²) in [6.07, 6.45) is 4.42. The maximum Gasteiger partial charge on any atom is 0.194 e. The van der Waals surface area contributed by atoms with Crippen LogP contribution in [0.2, 0.25) is 0 Å². The number of hydrogen-bond donors (Lipinski definition) is 3. The van der Waals surface area contributed by atoms with E-state index in [4.69, 9.17) is 22.7 Å². The molecular formula is C18H23N5OS. The molecule has 0 saturated heterocycles. The summed E-state index contributed by atoms with van der Waals surface area (Å²) in [5.74, 6) is 0.280. The summed E-state index contributed by atoms with van der Waals surface area (Å²) in [7, 11) is 0. The van der Waals surface area contributed by atoms with E-state index in [0.29, 0.717) is 31.4 Å². The third-order valence-corrected chi connectivity index (χ3v) is 3.54. The number of nitrogens with one attached hydrogen (secondary N) is 2. The van der Waals surface area contributed by atoms with E-state index in [9.17, 15) is 0 Å². The van der Waals surface area contributed by atoms with Gasteiger partial charge in [-0.15, -0.1) is 0 Å². The first kappa shape index (κ1) is 18.8. The van der Waals surface area contributed by atoms with Gasteiger partial charge in [0.05, 0.1) is 19.8 Å². The van der Waals surface area contributed by atoms with E-state index in [1.165, 1.54) is 0 Å². The van der Waals surface area contributed by atoms with Crippen LogP contribution in [0, 0.1) is 0 Å². The predicted molar refractivity (Wildman–Crippen MR) is 104 cm³/mol. The van der Waals surface area contributed by atoms with Crippen LogP contribution in [0.25, 0.3) is 0 Å². The van der Waals surface area contributed by atoms with Crippen molar-refractivity contribution in [1.29, 1.82) is 0 Å². The van der Waals surface area contributed by atoms with Gasteiger partial charge in [-0.1, -0.05) is 36.4 Å². The molecule has 0 atom stereocenters. The Morgan fingerprint density at radius 3 is 2.72 bits per heavy atom. The summed E-state index contributed by atoms with van der Waals surface area (Å²) in [6, 6.07) is 13.9. The second kappa shape index (κ2) is 11.1. The van der Waals surface area contributed by atoms with Crippen LogP contribution in [-0.4, -0.2) is 35.8 Å². The van der Waals surface area contributed by atoms with Crippen LogP contribution in [0.15, 0.2) is 59.9 Å². The quantitative estimate of drug-likeness (QED) is 0.288. The number of nitrogens with two attached hydrogens (primary N) is 1. The number of aliphatic imine (C=N–C) groups is 1. The van der Waals surface area contributed by atoms with Gasteiger partial charge < -0.3 is 21.1 Å². The van der Waals surface area contributed by atoms with Crippen molar-refractivity contribution in [3.8, 4) is 0 Å². The molecule has 6 nitrogen and oxygen atoms in total. The van der Waals surface area contributed by atoms with E-state index >= 15 is 0 Å². The first-order chi connectivity index (χ1) is 12.2. The molecule has 25 heavy (non-hydrogen) atoms. The molecule has 0 bridgehead atoms. The number of hydrogen-bond acceptors (Lipinski definition) is 4. The fourth-order valence-electron chi connectivity index (χ4n) is 2.06. The summed E-state index contributed by atoms with van der Waals surface area (Å²) < 4.78 is 5.54. The van der Waals surface area contributed by atoms with Crippen molar-refractivity contribution < 1.29 is 4.74 Å². The summed E-state index contributed by atoms with van der Waals surface area (Å²) in [5.41, 5.74) is 8.08. The molecule has 0 aliphatic heterocycles. The van der Waals surface area contributed by atoms with Crippen molar-refractivity contribution in [2.45, 2.75) is 13.0 Å². The molecular weight excluding hydrogens is 334 g/mol. The zero-order valence-electron chi connectivity index (χ0n) is 14.0. The summed E-state index contributed by atoms with van der Waals surface area (Å²) >= 11 is 5.18. The van der Waals surface area contributed by atoms with Crippen LogP contribution in [-0.2, 0) is 17.8 Å². The fourth-order valence-corrected chi connectivity index (χ4v) is 2.27. The molecule has 132 valence electrons. The van der Waals surface area contributed by atoms with Gasteiger partial charge in [0.2, 0.25) is 0 Å². The number of ether oxygens (including phenoxy) is 1. The van der Waals surface area contributed by atoms with E-state index in [-0.39, 0.29) is 5.96 Å². The molecule has 0 saturated carbocycles. The lowest BCUT2D eigenvalue weighted by Crippen LogP contribution is -2.43. The second-order valence-corrected chi connectivity index (χ2v) is 5.71. The molecule has 7 heteroatoms. The van der Waals surface area contributed by atoms with Gasteiger partial charge in [-0.2, -0.15) is 0 Å². The Hall–Kier alpha value is -2.51. The Labute approximate surface area is 153 Å². The van der Waals surface area contributed by atoms with E-state index in [1.807, 2.05) is 48.7 Å². The van der Waals surface area contributed by atoms with E-state index in [2.05, 4.69) is 20.6 Å². The minimum Gasteiger partial charge on any atom is -0.375 e. The molecule has 0 radical (unpaired) electrons. The maximum atomic E-state index is 5.80. The van der Waals surface area contributed by atoms with Crippen molar-refractivity contribution in [3.05, 3.63) is 66.0 Å². The SMILES string of the molecule is NC(=NCCOCc1ccccc1)NC(=S)NCCc1cccnc1. The monoisotopic (exact) mass is 357 g/mol. The molecule has 0 amide bonds. The second-order valence-electron chi connectivity index (χ2n) is 5.30. The molecule has 1 heterocycles. The minimum absolute atomic E-state index is 0.280. The number of guanidine groups is 1. The highest BCUT2D eigenvalue weighted by molar-refractivity contribution is 7.80. The molecule has 0 unspecified atom stereocenters. The number of thiocarbonyl (C=S) groups is 1. The van der Waals surface area contributed by atoms with Crippen LogP contribution in [0.4, 0.5) is 0 Å². The van der Waals surface area contributed by atoms with Gasteiger partial charge in [-0.3, -0.25) is 9.98 Å². The number of aromatic nitrogens is 1. The Kier molecular flexibility index (Phi) is 8.37. The molecule has 0 aliphatic carbocycles. The van der Waals surface area contributed by atoms with Gasteiger partial charge in [0.25, 0.3) is 0 Å². The van der Waals surface area contributed by atoms with E-state index < -0.39 is 0 Å². The first-order valence-electron chi connectivity index (χ1n) is 8.09. The lowest BCUT2D eigenvalue weighted by Gasteiger charge is -2.10.